The predicted molar refractivity (Wildman–Crippen MR) is 360 cm³/mol. The standard InChI is InChI=1S/C69H106Cl2N12O12/c1-11-44(2)59-66(93)77(6)42-57(86)75(4)43-58(87)79(8)53(39-46-24-15-12-16-25-46)64(91)76(5)41-55(84)72-51(32-30-47-29-31-49(70)50(71)38-47)63(90)83-37-23-28-52(83)62(89)74-69(33-19-20-34-69)68(95)81(10)60(48-26-17-13-18-27-48)67(94)80(9)54(65(92)82-35-21-14-22-36-82)40-56(85)78(7)45(3)61(88)73-59/h29,31,38,44-46,48,51-54,59-60H,11-28,30,32-37,39-43H2,1-10H3,(H,72,84)(H,73,88)(H,74,89)/t44-,45-,51-,52?,53-,54-,59-,60-/m0/s1. The zero-order chi connectivity index (χ0) is 69.6. The van der Waals surface area contributed by atoms with Gasteiger partial charge in [0, 0.05) is 69.0 Å². The number of nitrogens with zero attached hydrogens (tertiary/aromatic N) is 9. The molecule has 6 fully saturated rings. The minimum Gasteiger partial charge on any atom is -0.343 e. The number of fused-ring (bicyclic) bond motifs is 1. The number of likely N-dealkylation sites (tertiary alicyclic amines) is 1. The molecule has 3 saturated carbocycles. The highest BCUT2D eigenvalue weighted by molar-refractivity contribution is 6.42. The molecule has 3 saturated heterocycles. The van der Waals surface area contributed by atoms with E-state index >= 15 is 19.2 Å². The number of halogens is 2. The van der Waals surface area contributed by atoms with Crippen molar-refractivity contribution in [1.82, 2.24) is 60.0 Å². The molecule has 24 nitrogen and oxygen atoms in total. The molecular weight excluding hydrogens is 1260 g/mol. The molecule has 528 valence electrons. The molecule has 26 heteroatoms. The highest BCUT2D eigenvalue weighted by Gasteiger charge is 2.51. The van der Waals surface area contributed by atoms with Gasteiger partial charge in [0.2, 0.25) is 70.9 Å². The van der Waals surface area contributed by atoms with Crippen molar-refractivity contribution in [2.45, 2.75) is 223 Å². The van der Waals surface area contributed by atoms with Crippen LogP contribution in [0.1, 0.15) is 174 Å². The Morgan fingerprint density at radius 2 is 1.21 bits per heavy atom. The van der Waals surface area contributed by atoms with Gasteiger partial charge in [0.15, 0.2) is 0 Å². The van der Waals surface area contributed by atoms with E-state index in [1.807, 2.05) is 6.92 Å². The average molecular weight is 1370 g/mol. The molecule has 0 bridgehead atoms. The van der Waals surface area contributed by atoms with Crippen molar-refractivity contribution < 1.29 is 57.5 Å². The van der Waals surface area contributed by atoms with Crippen LogP contribution in [0.3, 0.4) is 0 Å². The Bertz CT molecular complexity index is 2950. The Labute approximate surface area is 571 Å². The van der Waals surface area contributed by atoms with E-state index in [9.17, 15) is 38.4 Å². The lowest BCUT2D eigenvalue weighted by atomic mass is 9.81. The lowest BCUT2D eigenvalue weighted by Gasteiger charge is -2.43. The normalized spacial score (nSPS) is 27.5. The third-order valence-corrected chi connectivity index (χ3v) is 22.2. The van der Waals surface area contributed by atoms with Crippen LogP contribution in [0.15, 0.2) is 18.2 Å². The molecule has 1 spiro atoms. The Hall–Kier alpha value is -6.56. The summed E-state index contributed by atoms with van der Waals surface area (Å²) in [6.45, 7) is 4.59. The Kier molecular flexibility index (Phi) is 27.6. The number of likely N-dealkylation sites (N-methyl/N-ethyl adjacent to an activating group) is 7. The number of benzene rings is 1. The Morgan fingerprint density at radius 3 is 1.84 bits per heavy atom. The molecule has 1 aromatic carbocycles. The largest absolute Gasteiger partial charge is 0.343 e. The van der Waals surface area contributed by atoms with Gasteiger partial charge in [-0.2, -0.15) is 0 Å². The number of carbonyl (C=O) groups excluding carboxylic acids is 12. The van der Waals surface area contributed by atoms with Gasteiger partial charge in [-0.15, -0.1) is 0 Å². The zero-order valence-electron chi connectivity index (χ0n) is 57.9. The molecule has 1 aromatic rings. The van der Waals surface area contributed by atoms with Crippen molar-refractivity contribution in [1.29, 1.82) is 0 Å². The van der Waals surface area contributed by atoms with Gasteiger partial charge < -0.3 is 60.0 Å². The summed E-state index contributed by atoms with van der Waals surface area (Å²) >= 11 is 12.7. The fraction of sp³-hybridized carbons (Fsp3) is 0.739. The monoisotopic (exact) mass is 1360 g/mol. The summed E-state index contributed by atoms with van der Waals surface area (Å²) in [4.78, 5) is 189. The summed E-state index contributed by atoms with van der Waals surface area (Å²) in [7, 11) is 10.2. The number of aryl methyl sites for hydroxylation is 1. The van der Waals surface area contributed by atoms with Crippen LogP contribution in [-0.2, 0) is 64.0 Å². The SMILES string of the molecule is CC[C@H](C)[C@@H]1NC(=O)[C@H](C)N(C)C(=O)C[C@@H](C(=O)N2CCCCC2)N(C)C(=O)[C@H](C2CCCCC2)N(C)C(=O)C2(CCCC2)NC(=O)C2CCCN2C(=O)[C@H](CCc2ccc(Cl)c(Cl)c2)NC(=O)CN(C)C(=O)[C@H](CC2CCCCC2)N(C)C(=O)CN(C)C(=O)CN(C)C1=O. The van der Waals surface area contributed by atoms with Gasteiger partial charge in [0.1, 0.15) is 47.8 Å². The Morgan fingerprint density at radius 1 is 0.600 bits per heavy atom. The van der Waals surface area contributed by atoms with Crippen molar-refractivity contribution in [3.63, 3.8) is 0 Å². The zero-order valence-corrected chi connectivity index (χ0v) is 59.4. The molecule has 7 rings (SSSR count). The van der Waals surface area contributed by atoms with Crippen LogP contribution in [0.25, 0.3) is 0 Å². The molecule has 3 aliphatic carbocycles. The first-order valence-electron chi connectivity index (χ1n) is 34.8. The highest BCUT2D eigenvalue weighted by Crippen LogP contribution is 2.37. The molecule has 0 aromatic heterocycles. The van der Waals surface area contributed by atoms with E-state index in [2.05, 4.69) is 16.0 Å². The molecule has 3 N–H and O–H groups in total. The number of amides is 12. The number of carbonyl (C=O) groups is 12. The smallest absolute Gasteiger partial charge is 0.248 e. The molecular formula is C69H106Cl2N12O12. The van der Waals surface area contributed by atoms with Gasteiger partial charge in [-0.3, -0.25) is 57.5 Å². The molecule has 3 aliphatic heterocycles. The summed E-state index contributed by atoms with van der Waals surface area (Å²) in [5.41, 5.74) is -0.773. The van der Waals surface area contributed by atoms with E-state index < -0.39 is 151 Å². The summed E-state index contributed by atoms with van der Waals surface area (Å²) < 4.78 is 0. The van der Waals surface area contributed by atoms with E-state index in [1.165, 1.54) is 83.5 Å². The quantitative estimate of drug-likeness (QED) is 0.294. The Balaban J connectivity index is 1.26. The number of rotatable bonds is 9. The van der Waals surface area contributed by atoms with Crippen molar-refractivity contribution in [2.75, 3.05) is 88.6 Å². The van der Waals surface area contributed by atoms with E-state index in [0.29, 0.717) is 67.2 Å². The topological polar surface area (TPSA) is 270 Å². The molecule has 95 heavy (non-hydrogen) atoms. The van der Waals surface area contributed by atoms with Gasteiger partial charge >= 0.3 is 0 Å². The van der Waals surface area contributed by atoms with Crippen LogP contribution in [0.5, 0.6) is 0 Å². The molecule has 0 radical (unpaired) electrons. The van der Waals surface area contributed by atoms with Crippen molar-refractivity contribution in [2.24, 2.45) is 17.8 Å². The molecule has 8 atom stereocenters. The number of piperidine rings is 1. The van der Waals surface area contributed by atoms with E-state index in [-0.39, 0.29) is 56.9 Å². The van der Waals surface area contributed by atoms with Crippen LogP contribution in [0, 0.1) is 17.8 Å². The molecule has 12 amide bonds. The summed E-state index contributed by atoms with van der Waals surface area (Å²) in [5, 5.41) is 9.49. The van der Waals surface area contributed by atoms with E-state index in [0.717, 1.165) is 75.5 Å². The number of hydrogen-bond acceptors (Lipinski definition) is 12. The highest BCUT2D eigenvalue weighted by atomic mass is 35.5. The van der Waals surface area contributed by atoms with E-state index in [1.54, 1.807) is 37.1 Å². The minimum atomic E-state index is -1.49. The second-order valence-corrected chi connectivity index (χ2v) is 29.0. The van der Waals surface area contributed by atoms with Crippen LogP contribution in [0.4, 0.5) is 0 Å². The van der Waals surface area contributed by atoms with Crippen LogP contribution >= 0.6 is 23.2 Å². The summed E-state index contributed by atoms with van der Waals surface area (Å²) in [6, 6.07) is -3.11. The first-order chi connectivity index (χ1) is 45.1. The maximum absolute atomic E-state index is 15.7. The number of hydrogen-bond donors (Lipinski definition) is 3. The molecule has 3 heterocycles. The van der Waals surface area contributed by atoms with Crippen LogP contribution in [-0.4, -0.2) is 251 Å². The predicted octanol–water partition coefficient (Wildman–Crippen LogP) is 5.03. The molecule has 6 aliphatic rings. The van der Waals surface area contributed by atoms with Gasteiger partial charge in [-0.25, -0.2) is 0 Å². The minimum absolute atomic E-state index is 0.0461. The van der Waals surface area contributed by atoms with Gasteiger partial charge in [0.25, 0.3) is 0 Å². The maximum atomic E-state index is 15.7. The fourth-order valence-corrected chi connectivity index (χ4v) is 15.3. The lowest BCUT2D eigenvalue weighted by Crippen LogP contribution is -2.65. The van der Waals surface area contributed by atoms with Gasteiger partial charge in [-0.1, -0.05) is 114 Å². The van der Waals surface area contributed by atoms with Gasteiger partial charge in [0.05, 0.1) is 36.1 Å². The second kappa shape index (κ2) is 34.6. The fourth-order valence-electron chi connectivity index (χ4n) is 15.0. The van der Waals surface area contributed by atoms with Crippen molar-refractivity contribution in [3.8, 4) is 0 Å². The van der Waals surface area contributed by atoms with Crippen LogP contribution < -0.4 is 16.0 Å². The van der Waals surface area contributed by atoms with Gasteiger partial charge in [-0.05, 0) is 119 Å². The first kappa shape index (κ1) is 75.8. The first-order valence-corrected chi connectivity index (χ1v) is 35.6. The third-order valence-electron chi connectivity index (χ3n) is 21.5. The second-order valence-electron chi connectivity index (χ2n) is 28.1. The lowest BCUT2D eigenvalue weighted by molar-refractivity contribution is -0.157. The molecule has 1 unspecified atom stereocenters. The van der Waals surface area contributed by atoms with Crippen molar-refractivity contribution >= 4 is 94.1 Å². The van der Waals surface area contributed by atoms with Crippen LogP contribution in [0.2, 0.25) is 10.0 Å². The summed E-state index contributed by atoms with van der Waals surface area (Å²) in [5.74, 6) is -7.70. The number of nitrogens with one attached hydrogen (secondary N) is 3. The third kappa shape index (κ3) is 19.0. The van der Waals surface area contributed by atoms with E-state index in [4.69, 9.17) is 23.2 Å². The average Bonchev–Trinajstić information content (AvgIpc) is 1.79. The van der Waals surface area contributed by atoms with Crippen molar-refractivity contribution in [3.05, 3.63) is 33.8 Å². The summed E-state index contributed by atoms with van der Waals surface area (Å²) in [6.07, 6.45) is 13.4. The maximum Gasteiger partial charge on any atom is 0.248 e.